The Morgan fingerprint density at radius 1 is 1.30 bits per heavy atom. The standard InChI is InChI=1S/C14H14ClF2NOS/c1-8-5-6-20-13(8)9(2)18-10-3-4-12(11(15)7-10)19-14(16)17/h3-7,9,14,18H,1-2H3. The molecule has 1 heterocycles. The van der Waals surface area contributed by atoms with Gasteiger partial charge in [-0.2, -0.15) is 8.78 Å². The summed E-state index contributed by atoms with van der Waals surface area (Å²) in [6, 6.07) is 6.87. The van der Waals surface area contributed by atoms with Gasteiger partial charge in [-0.1, -0.05) is 11.6 Å². The van der Waals surface area contributed by atoms with E-state index in [1.54, 1.807) is 23.5 Å². The molecule has 0 saturated carbocycles. The summed E-state index contributed by atoms with van der Waals surface area (Å²) < 4.78 is 28.6. The Hall–Kier alpha value is -1.33. The van der Waals surface area contributed by atoms with Gasteiger partial charge in [0.25, 0.3) is 0 Å². The van der Waals surface area contributed by atoms with Gasteiger partial charge in [0.15, 0.2) is 0 Å². The summed E-state index contributed by atoms with van der Waals surface area (Å²) in [7, 11) is 0. The van der Waals surface area contributed by atoms with Gasteiger partial charge in [-0.05, 0) is 49.1 Å². The molecule has 0 spiro atoms. The van der Waals surface area contributed by atoms with Crippen molar-refractivity contribution >= 4 is 28.6 Å². The third-order valence-corrected chi connectivity index (χ3v) is 4.32. The van der Waals surface area contributed by atoms with E-state index in [1.165, 1.54) is 16.5 Å². The van der Waals surface area contributed by atoms with E-state index in [9.17, 15) is 8.78 Å². The SMILES string of the molecule is Cc1ccsc1C(C)Nc1ccc(OC(F)F)c(Cl)c1. The molecule has 2 rings (SSSR count). The van der Waals surface area contributed by atoms with Crippen LogP contribution in [0.3, 0.4) is 0 Å². The van der Waals surface area contributed by atoms with Crippen LogP contribution in [0.15, 0.2) is 29.6 Å². The minimum atomic E-state index is -2.88. The second-order valence-corrected chi connectivity index (χ2v) is 5.71. The summed E-state index contributed by atoms with van der Waals surface area (Å²) in [5, 5.41) is 5.48. The van der Waals surface area contributed by atoms with Crippen LogP contribution in [0.5, 0.6) is 5.75 Å². The number of hydrogen-bond acceptors (Lipinski definition) is 3. The van der Waals surface area contributed by atoms with Gasteiger partial charge < -0.3 is 10.1 Å². The number of rotatable bonds is 5. The van der Waals surface area contributed by atoms with Crippen molar-refractivity contribution in [1.29, 1.82) is 0 Å². The molecule has 0 fully saturated rings. The molecule has 1 aromatic heterocycles. The van der Waals surface area contributed by atoms with E-state index < -0.39 is 6.61 Å². The summed E-state index contributed by atoms with van der Waals surface area (Å²) in [6.45, 7) is 1.21. The number of aryl methyl sites for hydroxylation is 1. The quantitative estimate of drug-likeness (QED) is 0.788. The maximum absolute atomic E-state index is 12.1. The zero-order valence-electron chi connectivity index (χ0n) is 11.0. The highest BCUT2D eigenvalue weighted by Crippen LogP contribution is 2.32. The summed E-state index contributed by atoms with van der Waals surface area (Å²) >= 11 is 7.59. The molecule has 0 radical (unpaired) electrons. The van der Waals surface area contributed by atoms with Crippen LogP contribution in [0.2, 0.25) is 5.02 Å². The molecule has 108 valence electrons. The summed E-state index contributed by atoms with van der Waals surface area (Å²) in [5.41, 5.74) is 1.98. The fraction of sp³-hybridized carbons (Fsp3) is 0.286. The number of halogens is 3. The van der Waals surface area contributed by atoms with E-state index in [1.807, 2.05) is 12.3 Å². The highest BCUT2D eigenvalue weighted by molar-refractivity contribution is 7.10. The molecule has 1 aromatic carbocycles. The lowest BCUT2D eigenvalue weighted by atomic mass is 10.2. The minimum Gasteiger partial charge on any atom is -0.433 e. The monoisotopic (exact) mass is 317 g/mol. The molecule has 1 atom stereocenters. The van der Waals surface area contributed by atoms with Gasteiger partial charge in [0, 0.05) is 10.6 Å². The van der Waals surface area contributed by atoms with Crippen molar-refractivity contribution in [1.82, 2.24) is 0 Å². The molecule has 0 amide bonds. The maximum Gasteiger partial charge on any atom is 0.387 e. The molecule has 20 heavy (non-hydrogen) atoms. The van der Waals surface area contributed by atoms with Crippen LogP contribution in [0.1, 0.15) is 23.4 Å². The van der Waals surface area contributed by atoms with Gasteiger partial charge in [0.05, 0.1) is 11.1 Å². The summed E-state index contributed by atoms with van der Waals surface area (Å²) in [6.07, 6.45) is 0. The first-order chi connectivity index (χ1) is 9.47. The molecular formula is C14H14ClF2NOS. The van der Waals surface area contributed by atoms with E-state index in [-0.39, 0.29) is 16.8 Å². The Labute approximate surface area is 125 Å². The fourth-order valence-corrected chi connectivity index (χ4v) is 3.09. The number of alkyl halides is 2. The van der Waals surface area contributed by atoms with Crippen LogP contribution in [0.4, 0.5) is 14.5 Å². The molecule has 1 unspecified atom stereocenters. The minimum absolute atomic E-state index is 0.0211. The molecule has 6 heteroatoms. The third-order valence-electron chi connectivity index (χ3n) is 2.83. The van der Waals surface area contributed by atoms with Gasteiger partial charge in [0.2, 0.25) is 0 Å². The smallest absolute Gasteiger partial charge is 0.387 e. The second kappa shape index (κ2) is 6.41. The maximum atomic E-state index is 12.1. The second-order valence-electron chi connectivity index (χ2n) is 4.36. The van der Waals surface area contributed by atoms with Crippen LogP contribution >= 0.6 is 22.9 Å². The van der Waals surface area contributed by atoms with Crippen molar-refractivity contribution in [2.45, 2.75) is 26.5 Å². The van der Waals surface area contributed by atoms with Gasteiger partial charge in [-0.15, -0.1) is 11.3 Å². The predicted molar refractivity (Wildman–Crippen MR) is 79.2 cm³/mol. The van der Waals surface area contributed by atoms with Crippen molar-refractivity contribution < 1.29 is 13.5 Å². The summed E-state index contributed by atoms with van der Waals surface area (Å²) in [5.74, 6) is -0.0211. The predicted octanol–water partition coefficient (Wildman–Crippen LogP) is 5.48. The average Bonchev–Trinajstić information content (AvgIpc) is 2.78. The van der Waals surface area contributed by atoms with Gasteiger partial charge >= 0.3 is 6.61 Å². The van der Waals surface area contributed by atoms with E-state index >= 15 is 0 Å². The molecule has 0 aliphatic rings. The molecule has 0 aliphatic heterocycles. The molecule has 2 aromatic rings. The van der Waals surface area contributed by atoms with Crippen molar-refractivity contribution in [3.05, 3.63) is 45.1 Å². The zero-order valence-corrected chi connectivity index (χ0v) is 12.6. The summed E-state index contributed by atoms with van der Waals surface area (Å²) in [4.78, 5) is 1.23. The van der Waals surface area contributed by atoms with Crippen molar-refractivity contribution in [3.8, 4) is 5.75 Å². The van der Waals surface area contributed by atoms with Crippen LogP contribution < -0.4 is 10.1 Å². The van der Waals surface area contributed by atoms with Crippen molar-refractivity contribution in [2.75, 3.05) is 5.32 Å². The first kappa shape index (κ1) is 15.1. The lowest BCUT2D eigenvalue weighted by molar-refractivity contribution is -0.0497. The molecule has 0 bridgehead atoms. The van der Waals surface area contributed by atoms with Crippen LogP contribution in [0, 0.1) is 6.92 Å². The Morgan fingerprint density at radius 3 is 2.60 bits per heavy atom. The number of thiophene rings is 1. The lowest BCUT2D eigenvalue weighted by Gasteiger charge is -2.16. The van der Waals surface area contributed by atoms with Gasteiger partial charge in [-0.3, -0.25) is 0 Å². The Balaban J connectivity index is 2.11. The highest BCUT2D eigenvalue weighted by Gasteiger charge is 2.12. The topological polar surface area (TPSA) is 21.3 Å². The number of ether oxygens (including phenoxy) is 1. The average molecular weight is 318 g/mol. The Bertz CT molecular complexity index is 588. The zero-order chi connectivity index (χ0) is 14.7. The van der Waals surface area contributed by atoms with Crippen LogP contribution in [0.25, 0.3) is 0 Å². The normalized spacial score (nSPS) is 12.5. The molecule has 2 nitrogen and oxygen atoms in total. The fourth-order valence-electron chi connectivity index (χ4n) is 1.93. The van der Waals surface area contributed by atoms with E-state index in [0.29, 0.717) is 0 Å². The first-order valence-corrected chi connectivity index (χ1v) is 7.28. The molecule has 0 aliphatic carbocycles. The van der Waals surface area contributed by atoms with E-state index in [2.05, 4.69) is 23.0 Å². The molecule has 0 saturated heterocycles. The highest BCUT2D eigenvalue weighted by atomic mass is 35.5. The first-order valence-electron chi connectivity index (χ1n) is 6.02. The largest absolute Gasteiger partial charge is 0.433 e. The Kier molecular flexibility index (Phi) is 4.83. The van der Waals surface area contributed by atoms with E-state index in [4.69, 9.17) is 11.6 Å². The third kappa shape index (κ3) is 3.61. The number of hydrogen-bond donors (Lipinski definition) is 1. The molecular weight excluding hydrogens is 304 g/mol. The van der Waals surface area contributed by atoms with Gasteiger partial charge in [-0.25, -0.2) is 0 Å². The van der Waals surface area contributed by atoms with Crippen LogP contribution in [-0.4, -0.2) is 6.61 Å². The Morgan fingerprint density at radius 2 is 2.05 bits per heavy atom. The molecule has 1 N–H and O–H groups in total. The number of nitrogens with one attached hydrogen (secondary N) is 1. The number of anilines is 1. The van der Waals surface area contributed by atoms with E-state index in [0.717, 1.165) is 5.69 Å². The van der Waals surface area contributed by atoms with Crippen molar-refractivity contribution in [2.24, 2.45) is 0 Å². The van der Waals surface area contributed by atoms with Crippen molar-refractivity contribution in [3.63, 3.8) is 0 Å². The lowest BCUT2D eigenvalue weighted by Crippen LogP contribution is -2.07. The van der Waals surface area contributed by atoms with Crippen LogP contribution in [-0.2, 0) is 0 Å². The van der Waals surface area contributed by atoms with Gasteiger partial charge in [0.1, 0.15) is 5.75 Å². The number of benzene rings is 1.